The fraction of sp³-hybridized carbons (Fsp3) is 0.632. The van der Waals surface area contributed by atoms with Crippen molar-refractivity contribution in [3.63, 3.8) is 0 Å². The van der Waals surface area contributed by atoms with E-state index in [-0.39, 0.29) is 11.6 Å². The zero-order valence-electron chi connectivity index (χ0n) is 14.2. The number of hydrogen-bond acceptors (Lipinski definition) is 3. The largest absolute Gasteiger partial charge is 0.384 e. The number of amides is 1. The highest BCUT2D eigenvalue weighted by molar-refractivity contribution is 6.31. The van der Waals surface area contributed by atoms with Crippen LogP contribution >= 0.6 is 11.6 Å². The molecule has 5 heteroatoms. The lowest BCUT2D eigenvalue weighted by molar-refractivity contribution is 0.0243. The zero-order valence-corrected chi connectivity index (χ0v) is 14.9. The highest BCUT2D eigenvalue weighted by Gasteiger charge is 2.48. The van der Waals surface area contributed by atoms with Gasteiger partial charge in [0, 0.05) is 31.0 Å². The van der Waals surface area contributed by atoms with Crippen LogP contribution in [0.25, 0.3) is 0 Å². The van der Waals surface area contributed by atoms with E-state index < -0.39 is 0 Å². The number of nitrogens with one attached hydrogen (secondary N) is 1. The number of halogens is 1. The molecule has 130 valence electrons. The van der Waals surface area contributed by atoms with Crippen LogP contribution in [0.1, 0.15) is 48.9 Å². The average molecular weight is 349 g/mol. The molecule has 1 aromatic rings. The first kappa shape index (κ1) is 16.2. The lowest BCUT2D eigenvalue weighted by Gasteiger charge is -2.52. The third-order valence-corrected chi connectivity index (χ3v) is 6.05. The minimum atomic E-state index is -0.231. The second-order valence-electron chi connectivity index (χ2n) is 7.60. The molecule has 4 nitrogen and oxygen atoms in total. The van der Waals surface area contributed by atoms with Gasteiger partial charge in [0.1, 0.15) is 5.66 Å². The van der Waals surface area contributed by atoms with Crippen molar-refractivity contribution in [3.8, 4) is 0 Å². The number of benzene rings is 1. The molecule has 24 heavy (non-hydrogen) atoms. The highest BCUT2D eigenvalue weighted by atomic mass is 35.5. The summed E-state index contributed by atoms with van der Waals surface area (Å²) in [7, 11) is 1.77. The summed E-state index contributed by atoms with van der Waals surface area (Å²) < 4.78 is 5.33. The van der Waals surface area contributed by atoms with Crippen LogP contribution in [0.3, 0.4) is 0 Å². The Morgan fingerprint density at radius 3 is 2.67 bits per heavy atom. The summed E-state index contributed by atoms with van der Waals surface area (Å²) in [5, 5.41) is 4.34. The number of ether oxygens (including phenoxy) is 1. The molecule has 1 spiro atoms. The lowest BCUT2D eigenvalue weighted by Crippen LogP contribution is -2.62. The van der Waals surface area contributed by atoms with Crippen LogP contribution in [0.15, 0.2) is 18.2 Å². The van der Waals surface area contributed by atoms with Gasteiger partial charge in [0.15, 0.2) is 0 Å². The monoisotopic (exact) mass is 348 g/mol. The first-order valence-corrected chi connectivity index (χ1v) is 9.38. The molecule has 0 saturated heterocycles. The van der Waals surface area contributed by atoms with E-state index in [4.69, 9.17) is 16.3 Å². The van der Waals surface area contributed by atoms with E-state index >= 15 is 0 Å². The number of methoxy groups -OCH3 is 1. The van der Waals surface area contributed by atoms with E-state index in [2.05, 4.69) is 10.2 Å². The molecule has 0 atom stereocenters. The van der Waals surface area contributed by atoms with Gasteiger partial charge in [0.2, 0.25) is 0 Å². The van der Waals surface area contributed by atoms with Gasteiger partial charge in [-0.25, -0.2) is 0 Å². The van der Waals surface area contributed by atoms with Gasteiger partial charge in [0.25, 0.3) is 5.91 Å². The molecule has 4 rings (SSSR count). The molecule has 1 aromatic carbocycles. The van der Waals surface area contributed by atoms with Crippen molar-refractivity contribution in [2.45, 2.75) is 44.2 Å². The molecule has 1 heterocycles. The minimum Gasteiger partial charge on any atom is -0.384 e. The molecular formula is C19H25ClN2O2. The summed E-state index contributed by atoms with van der Waals surface area (Å²) in [6.07, 6.45) is 6.66. The van der Waals surface area contributed by atoms with Crippen LogP contribution in [0, 0.1) is 11.8 Å². The molecule has 0 unspecified atom stereocenters. The summed E-state index contributed by atoms with van der Waals surface area (Å²) in [5.74, 6) is 1.42. The smallest absolute Gasteiger partial charge is 0.257 e. The summed E-state index contributed by atoms with van der Waals surface area (Å²) in [4.78, 5) is 15.3. The summed E-state index contributed by atoms with van der Waals surface area (Å²) >= 11 is 6.13. The molecular weight excluding hydrogens is 324 g/mol. The van der Waals surface area contributed by atoms with E-state index in [9.17, 15) is 4.79 Å². The third kappa shape index (κ3) is 2.91. The van der Waals surface area contributed by atoms with Crippen molar-refractivity contribution in [3.05, 3.63) is 28.8 Å². The van der Waals surface area contributed by atoms with E-state index in [1.165, 1.54) is 12.8 Å². The first-order valence-electron chi connectivity index (χ1n) is 9.00. The van der Waals surface area contributed by atoms with Gasteiger partial charge in [-0.15, -0.1) is 0 Å². The van der Waals surface area contributed by atoms with Gasteiger partial charge in [-0.3, -0.25) is 4.79 Å². The van der Waals surface area contributed by atoms with Crippen LogP contribution < -0.4 is 5.32 Å². The predicted octanol–water partition coefficient (Wildman–Crippen LogP) is 4.15. The summed E-state index contributed by atoms with van der Waals surface area (Å²) in [6, 6.07) is 5.62. The quantitative estimate of drug-likeness (QED) is 0.888. The molecule has 1 amide bonds. The van der Waals surface area contributed by atoms with Crippen LogP contribution in [-0.4, -0.2) is 36.7 Å². The lowest BCUT2D eigenvalue weighted by atomic mass is 9.79. The van der Waals surface area contributed by atoms with Crippen molar-refractivity contribution < 1.29 is 9.53 Å². The molecule has 0 radical (unpaired) electrons. The Kier molecular flexibility index (Phi) is 4.21. The summed E-state index contributed by atoms with van der Waals surface area (Å²) in [6.45, 7) is 1.69. The van der Waals surface area contributed by atoms with Gasteiger partial charge >= 0.3 is 0 Å². The number of carbonyl (C=O) groups is 1. The molecule has 3 aliphatic rings. The van der Waals surface area contributed by atoms with Crippen LogP contribution in [0.5, 0.6) is 0 Å². The number of fused-ring (bicyclic) bond motifs is 1. The minimum absolute atomic E-state index is 0.142. The maximum absolute atomic E-state index is 13.2. The fourth-order valence-corrected chi connectivity index (χ4v) is 4.40. The number of anilines is 1. The topological polar surface area (TPSA) is 41.6 Å². The third-order valence-electron chi connectivity index (χ3n) is 5.81. The zero-order chi connectivity index (χ0) is 16.7. The van der Waals surface area contributed by atoms with Crippen molar-refractivity contribution in [2.24, 2.45) is 11.8 Å². The molecule has 0 bridgehead atoms. The molecule has 2 fully saturated rings. The van der Waals surface area contributed by atoms with Crippen LogP contribution in [0.4, 0.5) is 5.69 Å². The SMILES string of the molecule is COCC1CCC2(CC1)Nc1ccc(Cl)cc1C(=O)N2CC1CC1. The number of rotatable bonds is 4. The second kappa shape index (κ2) is 6.23. The van der Waals surface area contributed by atoms with Gasteiger partial charge in [-0.1, -0.05) is 11.6 Å². The van der Waals surface area contributed by atoms with E-state index in [0.29, 0.717) is 22.4 Å². The van der Waals surface area contributed by atoms with E-state index in [1.807, 2.05) is 12.1 Å². The van der Waals surface area contributed by atoms with Gasteiger partial charge < -0.3 is 15.0 Å². The Hall–Kier alpha value is -1.26. The van der Waals surface area contributed by atoms with Gasteiger partial charge in [0.05, 0.1) is 5.56 Å². The fourth-order valence-electron chi connectivity index (χ4n) is 4.23. The number of nitrogens with zero attached hydrogens (tertiary/aromatic N) is 1. The average Bonchev–Trinajstić information content (AvgIpc) is 3.39. The number of carbonyl (C=O) groups excluding carboxylic acids is 1. The van der Waals surface area contributed by atoms with Gasteiger partial charge in [-0.2, -0.15) is 0 Å². The van der Waals surface area contributed by atoms with Crippen LogP contribution in [-0.2, 0) is 4.74 Å². The Bertz CT molecular complexity index is 636. The predicted molar refractivity (Wildman–Crippen MR) is 95.4 cm³/mol. The first-order chi connectivity index (χ1) is 11.6. The van der Waals surface area contributed by atoms with Crippen molar-refractivity contribution in [1.82, 2.24) is 4.90 Å². The maximum atomic E-state index is 13.2. The Balaban J connectivity index is 1.64. The summed E-state index contributed by atoms with van der Waals surface area (Å²) in [5.41, 5.74) is 1.42. The van der Waals surface area contributed by atoms with Gasteiger partial charge in [-0.05, 0) is 68.6 Å². The van der Waals surface area contributed by atoms with Crippen molar-refractivity contribution in [2.75, 3.05) is 25.6 Å². The van der Waals surface area contributed by atoms with E-state index in [0.717, 1.165) is 44.5 Å². The van der Waals surface area contributed by atoms with E-state index in [1.54, 1.807) is 13.2 Å². The highest BCUT2D eigenvalue weighted by Crippen LogP contribution is 2.44. The Morgan fingerprint density at radius 1 is 1.25 bits per heavy atom. The van der Waals surface area contributed by atoms with Crippen molar-refractivity contribution >= 4 is 23.2 Å². The molecule has 0 aromatic heterocycles. The normalized spacial score (nSPS) is 29.5. The molecule has 1 N–H and O–H groups in total. The standard InChI is InChI=1S/C19H25ClN2O2/c1-24-12-14-6-8-19(9-7-14)21-17-5-4-15(20)10-16(17)18(23)22(19)11-13-2-3-13/h4-5,10,13-14,21H,2-3,6-9,11-12H2,1H3. The Labute approximate surface area is 148 Å². The molecule has 1 aliphatic heterocycles. The van der Waals surface area contributed by atoms with Crippen molar-refractivity contribution in [1.29, 1.82) is 0 Å². The second-order valence-corrected chi connectivity index (χ2v) is 8.04. The molecule has 2 saturated carbocycles. The Morgan fingerprint density at radius 2 is 2.00 bits per heavy atom. The maximum Gasteiger partial charge on any atom is 0.257 e. The molecule has 2 aliphatic carbocycles. The number of hydrogen-bond donors (Lipinski definition) is 1. The van der Waals surface area contributed by atoms with Crippen LogP contribution in [0.2, 0.25) is 5.02 Å².